The highest BCUT2D eigenvalue weighted by Crippen LogP contribution is 2.18. The fourth-order valence-electron chi connectivity index (χ4n) is 2.58. The monoisotopic (exact) mass is 347 g/mol. The molecule has 3 aromatic carbocycles. The van der Waals surface area contributed by atoms with Gasteiger partial charge in [0, 0.05) is 12.2 Å². The smallest absolute Gasteiger partial charge is 0.119 e. The molecule has 3 heteroatoms. The maximum atomic E-state index is 5.80. The van der Waals surface area contributed by atoms with Gasteiger partial charge in [0.25, 0.3) is 0 Å². The van der Waals surface area contributed by atoms with Gasteiger partial charge in [0.15, 0.2) is 0 Å². The first-order chi connectivity index (χ1) is 12.7. The molecule has 26 heavy (non-hydrogen) atoms. The van der Waals surface area contributed by atoms with Crippen molar-refractivity contribution in [3.05, 3.63) is 89.5 Å². The van der Waals surface area contributed by atoms with Crippen LogP contribution >= 0.6 is 0 Å². The van der Waals surface area contributed by atoms with E-state index < -0.39 is 0 Å². The standard InChI is InChI=1S/C23H25NO2/c1-18-8-11-23(16-19(18)2)25-15-14-24-21-9-12-22(13-10-21)26-17-20-6-4-3-5-7-20/h3-13,16,24H,14-15,17H2,1-2H3. The molecule has 134 valence electrons. The predicted octanol–water partition coefficient (Wildman–Crippen LogP) is 5.37. The summed E-state index contributed by atoms with van der Waals surface area (Å²) in [5.41, 5.74) is 4.76. The molecule has 0 fully saturated rings. The van der Waals surface area contributed by atoms with E-state index in [1.807, 2.05) is 48.5 Å². The highest BCUT2D eigenvalue weighted by molar-refractivity contribution is 5.46. The molecule has 0 saturated carbocycles. The van der Waals surface area contributed by atoms with Crippen molar-refractivity contribution < 1.29 is 9.47 Å². The zero-order chi connectivity index (χ0) is 18.2. The Balaban J connectivity index is 1.40. The van der Waals surface area contributed by atoms with Gasteiger partial charge >= 0.3 is 0 Å². The molecule has 0 unspecified atom stereocenters. The molecule has 1 N–H and O–H groups in total. The van der Waals surface area contributed by atoms with Crippen molar-refractivity contribution in [2.45, 2.75) is 20.5 Å². The molecule has 3 rings (SSSR count). The molecule has 0 aliphatic heterocycles. The minimum atomic E-state index is 0.581. The Morgan fingerprint density at radius 2 is 1.46 bits per heavy atom. The van der Waals surface area contributed by atoms with Gasteiger partial charge in [-0.3, -0.25) is 0 Å². The Labute approximate surface area is 155 Å². The average Bonchev–Trinajstić information content (AvgIpc) is 2.68. The molecule has 0 bridgehead atoms. The molecule has 0 amide bonds. The molecule has 0 spiro atoms. The first kappa shape index (κ1) is 17.9. The average molecular weight is 347 g/mol. The zero-order valence-electron chi connectivity index (χ0n) is 15.4. The van der Waals surface area contributed by atoms with E-state index in [2.05, 4.69) is 43.4 Å². The van der Waals surface area contributed by atoms with Crippen LogP contribution in [0.5, 0.6) is 11.5 Å². The summed E-state index contributed by atoms with van der Waals surface area (Å²) in [6.45, 7) is 6.15. The Morgan fingerprint density at radius 3 is 2.19 bits per heavy atom. The Hall–Kier alpha value is -2.94. The van der Waals surface area contributed by atoms with Crippen molar-refractivity contribution in [2.75, 3.05) is 18.5 Å². The van der Waals surface area contributed by atoms with Crippen LogP contribution in [-0.2, 0) is 6.61 Å². The molecule has 3 nitrogen and oxygen atoms in total. The van der Waals surface area contributed by atoms with Crippen molar-refractivity contribution in [1.29, 1.82) is 0 Å². The molecule has 0 saturated heterocycles. The number of anilines is 1. The normalized spacial score (nSPS) is 10.4. The van der Waals surface area contributed by atoms with Gasteiger partial charge in [-0.2, -0.15) is 0 Å². The second-order valence-electron chi connectivity index (χ2n) is 6.32. The van der Waals surface area contributed by atoms with Crippen molar-refractivity contribution >= 4 is 5.69 Å². The molecule has 0 aliphatic rings. The number of nitrogens with one attached hydrogen (secondary N) is 1. The second kappa shape index (κ2) is 8.95. The lowest BCUT2D eigenvalue weighted by Gasteiger charge is -2.11. The minimum absolute atomic E-state index is 0.581. The lowest BCUT2D eigenvalue weighted by molar-refractivity contribution is 0.306. The summed E-state index contributed by atoms with van der Waals surface area (Å²) < 4.78 is 11.6. The molecular formula is C23H25NO2. The summed E-state index contributed by atoms with van der Waals surface area (Å²) in [7, 11) is 0. The predicted molar refractivity (Wildman–Crippen MR) is 107 cm³/mol. The second-order valence-corrected chi connectivity index (χ2v) is 6.32. The van der Waals surface area contributed by atoms with E-state index in [1.165, 1.54) is 11.1 Å². The van der Waals surface area contributed by atoms with Crippen LogP contribution in [0.1, 0.15) is 16.7 Å². The van der Waals surface area contributed by atoms with Gasteiger partial charge in [-0.25, -0.2) is 0 Å². The van der Waals surface area contributed by atoms with Gasteiger partial charge < -0.3 is 14.8 Å². The Morgan fingerprint density at radius 1 is 0.731 bits per heavy atom. The van der Waals surface area contributed by atoms with E-state index >= 15 is 0 Å². The van der Waals surface area contributed by atoms with Gasteiger partial charge in [-0.15, -0.1) is 0 Å². The van der Waals surface area contributed by atoms with E-state index in [1.54, 1.807) is 0 Å². The fourth-order valence-corrected chi connectivity index (χ4v) is 2.58. The van der Waals surface area contributed by atoms with E-state index in [-0.39, 0.29) is 0 Å². The fraction of sp³-hybridized carbons (Fsp3) is 0.217. The zero-order valence-corrected chi connectivity index (χ0v) is 15.4. The van der Waals surface area contributed by atoms with E-state index in [4.69, 9.17) is 9.47 Å². The van der Waals surface area contributed by atoms with Crippen LogP contribution in [0.15, 0.2) is 72.8 Å². The van der Waals surface area contributed by atoms with Crippen LogP contribution < -0.4 is 14.8 Å². The quantitative estimate of drug-likeness (QED) is 0.555. The summed E-state index contributed by atoms with van der Waals surface area (Å²) in [6, 6.07) is 24.4. The Bertz CT molecular complexity index is 813. The SMILES string of the molecule is Cc1ccc(OCCNc2ccc(OCc3ccccc3)cc2)cc1C. The highest BCUT2D eigenvalue weighted by Gasteiger charge is 1.99. The molecule has 3 aromatic rings. The molecular weight excluding hydrogens is 322 g/mol. The topological polar surface area (TPSA) is 30.5 Å². The van der Waals surface area contributed by atoms with Crippen molar-refractivity contribution in [1.82, 2.24) is 0 Å². The maximum Gasteiger partial charge on any atom is 0.119 e. The molecule has 0 atom stereocenters. The maximum absolute atomic E-state index is 5.80. The number of ether oxygens (including phenoxy) is 2. The molecule has 0 heterocycles. The minimum Gasteiger partial charge on any atom is -0.492 e. The summed E-state index contributed by atoms with van der Waals surface area (Å²) in [6.07, 6.45) is 0. The van der Waals surface area contributed by atoms with Crippen LogP contribution in [-0.4, -0.2) is 13.2 Å². The largest absolute Gasteiger partial charge is 0.492 e. The number of aryl methyl sites for hydroxylation is 2. The molecule has 0 aliphatic carbocycles. The first-order valence-electron chi connectivity index (χ1n) is 8.91. The summed E-state index contributed by atoms with van der Waals surface area (Å²) in [5.74, 6) is 1.78. The molecule has 0 aromatic heterocycles. The van der Waals surface area contributed by atoms with Gasteiger partial charge in [0.1, 0.15) is 24.7 Å². The van der Waals surface area contributed by atoms with Crippen LogP contribution in [0.3, 0.4) is 0 Å². The third-order valence-electron chi connectivity index (χ3n) is 4.28. The first-order valence-corrected chi connectivity index (χ1v) is 8.91. The van der Waals surface area contributed by atoms with E-state index in [0.717, 1.165) is 29.3 Å². The summed E-state index contributed by atoms with van der Waals surface area (Å²) >= 11 is 0. The highest BCUT2D eigenvalue weighted by atomic mass is 16.5. The Kier molecular flexibility index (Phi) is 6.15. The van der Waals surface area contributed by atoms with Gasteiger partial charge in [0.2, 0.25) is 0 Å². The summed E-state index contributed by atoms with van der Waals surface area (Å²) in [4.78, 5) is 0. The van der Waals surface area contributed by atoms with E-state index in [9.17, 15) is 0 Å². The lowest BCUT2D eigenvalue weighted by Crippen LogP contribution is -2.11. The van der Waals surface area contributed by atoms with Crippen LogP contribution in [0.4, 0.5) is 5.69 Å². The number of hydrogen-bond donors (Lipinski definition) is 1. The lowest BCUT2D eigenvalue weighted by atomic mass is 10.1. The van der Waals surface area contributed by atoms with E-state index in [0.29, 0.717) is 13.2 Å². The third kappa shape index (κ3) is 5.28. The van der Waals surface area contributed by atoms with Crippen LogP contribution in [0, 0.1) is 13.8 Å². The number of benzene rings is 3. The molecule has 0 radical (unpaired) electrons. The number of hydrogen-bond acceptors (Lipinski definition) is 3. The van der Waals surface area contributed by atoms with Crippen LogP contribution in [0.2, 0.25) is 0 Å². The van der Waals surface area contributed by atoms with Crippen molar-refractivity contribution in [3.8, 4) is 11.5 Å². The van der Waals surface area contributed by atoms with Crippen molar-refractivity contribution in [3.63, 3.8) is 0 Å². The van der Waals surface area contributed by atoms with Gasteiger partial charge in [-0.05, 0) is 66.9 Å². The van der Waals surface area contributed by atoms with Gasteiger partial charge in [0.05, 0.1) is 0 Å². The third-order valence-corrected chi connectivity index (χ3v) is 4.28. The van der Waals surface area contributed by atoms with Gasteiger partial charge in [-0.1, -0.05) is 36.4 Å². The van der Waals surface area contributed by atoms with Crippen molar-refractivity contribution in [2.24, 2.45) is 0 Å². The van der Waals surface area contributed by atoms with Crippen LogP contribution in [0.25, 0.3) is 0 Å². The number of rotatable bonds is 8. The summed E-state index contributed by atoms with van der Waals surface area (Å²) in [5, 5.41) is 3.36.